The van der Waals surface area contributed by atoms with Crippen molar-refractivity contribution in [3.63, 3.8) is 0 Å². The number of hydrogen-bond donors (Lipinski definition) is 1. The highest BCUT2D eigenvalue weighted by atomic mass is 14.6. The van der Waals surface area contributed by atoms with E-state index in [0.29, 0.717) is 5.92 Å². The fourth-order valence-corrected chi connectivity index (χ4v) is 1.16. The standard InChI is InChI=1S/C11H14N2/c1-8(2)9-3-5-10(6-4-9)11(13)7-12/h3-6,8,11H,13H2,1-2H3/t11-/m1/s1. The van der Waals surface area contributed by atoms with E-state index in [9.17, 15) is 0 Å². The molecule has 0 saturated carbocycles. The summed E-state index contributed by atoms with van der Waals surface area (Å²) in [5.41, 5.74) is 7.71. The fraction of sp³-hybridized carbons (Fsp3) is 0.364. The minimum absolute atomic E-state index is 0.499. The monoisotopic (exact) mass is 174 g/mol. The largest absolute Gasteiger partial charge is 0.312 e. The first-order chi connectivity index (χ1) is 6.15. The molecule has 1 aromatic rings. The van der Waals surface area contributed by atoms with Crippen molar-refractivity contribution in [2.75, 3.05) is 0 Å². The van der Waals surface area contributed by atoms with Gasteiger partial charge < -0.3 is 5.73 Å². The van der Waals surface area contributed by atoms with E-state index >= 15 is 0 Å². The Morgan fingerprint density at radius 2 is 1.62 bits per heavy atom. The fourth-order valence-electron chi connectivity index (χ4n) is 1.16. The van der Waals surface area contributed by atoms with Gasteiger partial charge in [-0.2, -0.15) is 5.26 Å². The first kappa shape index (κ1) is 9.76. The molecule has 0 aliphatic rings. The van der Waals surface area contributed by atoms with Gasteiger partial charge in [0.15, 0.2) is 0 Å². The molecular formula is C11H14N2. The van der Waals surface area contributed by atoms with E-state index in [1.54, 1.807) is 0 Å². The van der Waals surface area contributed by atoms with Crippen molar-refractivity contribution >= 4 is 0 Å². The van der Waals surface area contributed by atoms with Gasteiger partial charge in [0.05, 0.1) is 6.07 Å². The maximum atomic E-state index is 8.59. The van der Waals surface area contributed by atoms with E-state index in [0.717, 1.165) is 5.56 Å². The number of nitrogens with two attached hydrogens (primary N) is 1. The summed E-state index contributed by atoms with van der Waals surface area (Å²) >= 11 is 0. The normalized spacial score (nSPS) is 12.5. The van der Waals surface area contributed by atoms with Crippen LogP contribution >= 0.6 is 0 Å². The molecule has 0 spiro atoms. The van der Waals surface area contributed by atoms with Crippen molar-refractivity contribution in [2.24, 2.45) is 5.73 Å². The summed E-state index contributed by atoms with van der Waals surface area (Å²) in [5, 5.41) is 8.59. The molecule has 13 heavy (non-hydrogen) atoms. The average molecular weight is 174 g/mol. The molecule has 0 saturated heterocycles. The molecule has 2 heteroatoms. The third-order valence-corrected chi connectivity index (χ3v) is 2.10. The van der Waals surface area contributed by atoms with E-state index in [4.69, 9.17) is 11.0 Å². The Kier molecular flexibility index (Phi) is 3.05. The van der Waals surface area contributed by atoms with Crippen LogP contribution in [0.2, 0.25) is 0 Å². The van der Waals surface area contributed by atoms with Crippen LogP contribution in [0.1, 0.15) is 36.9 Å². The molecule has 0 amide bonds. The highest BCUT2D eigenvalue weighted by molar-refractivity contribution is 5.29. The van der Waals surface area contributed by atoms with Crippen molar-refractivity contribution in [1.29, 1.82) is 5.26 Å². The molecule has 0 aliphatic carbocycles. The highest BCUT2D eigenvalue weighted by Crippen LogP contribution is 2.17. The summed E-state index contributed by atoms with van der Waals surface area (Å²) < 4.78 is 0. The topological polar surface area (TPSA) is 49.8 Å². The van der Waals surface area contributed by atoms with Crippen molar-refractivity contribution in [3.8, 4) is 6.07 Å². The van der Waals surface area contributed by atoms with Gasteiger partial charge in [0.25, 0.3) is 0 Å². The predicted octanol–water partition coefficient (Wildman–Crippen LogP) is 2.33. The summed E-state index contributed by atoms with van der Waals surface area (Å²) in [4.78, 5) is 0. The van der Waals surface area contributed by atoms with Crippen LogP contribution in [-0.2, 0) is 0 Å². The zero-order valence-corrected chi connectivity index (χ0v) is 7.99. The minimum Gasteiger partial charge on any atom is -0.312 e. The van der Waals surface area contributed by atoms with Crippen molar-refractivity contribution in [1.82, 2.24) is 0 Å². The van der Waals surface area contributed by atoms with Gasteiger partial charge >= 0.3 is 0 Å². The molecule has 0 aliphatic heterocycles. The lowest BCUT2D eigenvalue weighted by Crippen LogP contribution is -2.06. The Morgan fingerprint density at radius 1 is 1.15 bits per heavy atom. The number of rotatable bonds is 2. The smallest absolute Gasteiger partial charge is 0.118 e. The molecule has 1 aromatic carbocycles. The summed E-state index contributed by atoms with van der Waals surface area (Å²) in [6.45, 7) is 4.28. The molecule has 0 heterocycles. The predicted molar refractivity (Wildman–Crippen MR) is 53.1 cm³/mol. The number of nitriles is 1. The van der Waals surface area contributed by atoms with Crippen LogP contribution in [0.4, 0.5) is 0 Å². The van der Waals surface area contributed by atoms with Crippen LogP contribution in [0.3, 0.4) is 0 Å². The highest BCUT2D eigenvalue weighted by Gasteiger charge is 2.04. The Bertz CT molecular complexity index is 306. The van der Waals surface area contributed by atoms with Gasteiger partial charge in [0.2, 0.25) is 0 Å². The second kappa shape index (κ2) is 4.06. The van der Waals surface area contributed by atoms with Crippen molar-refractivity contribution < 1.29 is 0 Å². The first-order valence-corrected chi connectivity index (χ1v) is 4.40. The summed E-state index contributed by atoms with van der Waals surface area (Å²) in [6, 6.07) is 9.40. The van der Waals surface area contributed by atoms with E-state index in [-0.39, 0.29) is 0 Å². The zero-order valence-electron chi connectivity index (χ0n) is 7.99. The van der Waals surface area contributed by atoms with Gasteiger partial charge in [-0.1, -0.05) is 38.1 Å². The SMILES string of the molecule is CC(C)c1ccc([C@H](N)C#N)cc1. The van der Waals surface area contributed by atoms with E-state index in [1.165, 1.54) is 5.56 Å². The zero-order chi connectivity index (χ0) is 9.84. The van der Waals surface area contributed by atoms with Crippen LogP contribution in [0.5, 0.6) is 0 Å². The summed E-state index contributed by atoms with van der Waals surface area (Å²) in [7, 11) is 0. The Hall–Kier alpha value is -1.33. The molecule has 0 bridgehead atoms. The van der Waals surface area contributed by atoms with Gasteiger partial charge in [-0.3, -0.25) is 0 Å². The van der Waals surface area contributed by atoms with Gasteiger partial charge in [-0.25, -0.2) is 0 Å². The second-order valence-electron chi connectivity index (χ2n) is 3.43. The molecule has 1 rings (SSSR count). The molecular weight excluding hydrogens is 160 g/mol. The minimum atomic E-state index is -0.499. The van der Waals surface area contributed by atoms with Crippen molar-refractivity contribution in [3.05, 3.63) is 35.4 Å². The second-order valence-corrected chi connectivity index (χ2v) is 3.43. The quantitative estimate of drug-likeness (QED) is 0.748. The summed E-state index contributed by atoms with van der Waals surface area (Å²) in [6.07, 6.45) is 0. The third kappa shape index (κ3) is 2.30. The third-order valence-electron chi connectivity index (χ3n) is 2.10. The van der Waals surface area contributed by atoms with Gasteiger partial charge in [0.1, 0.15) is 6.04 Å². The lowest BCUT2D eigenvalue weighted by Gasteiger charge is -2.07. The molecule has 0 aromatic heterocycles. The molecule has 2 N–H and O–H groups in total. The van der Waals surface area contributed by atoms with E-state index < -0.39 is 6.04 Å². The van der Waals surface area contributed by atoms with Crippen LogP contribution in [0, 0.1) is 11.3 Å². The number of hydrogen-bond acceptors (Lipinski definition) is 2. The maximum Gasteiger partial charge on any atom is 0.118 e. The number of benzene rings is 1. The molecule has 2 nitrogen and oxygen atoms in total. The molecule has 0 radical (unpaired) electrons. The molecule has 68 valence electrons. The van der Waals surface area contributed by atoms with Crippen LogP contribution in [0.25, 0.3) is 0 Å². The van der Waals surface area contributed by atoms with Crippen LogP contribution < -0.4 is 5.73 Å². The molecule has 0 unspecified atom stereocenters. The lowest BCUT2D eigenvalue weighted by molar-refractivity contribution is 0.859. The van der Waals surface area contributed by atoms with Gasteiger partial charge in [-0.15, -0.1) is 0 Å². The van der Waals surface area contributed by atoms with Crippen LogP contribution in [0.15, 0.2) is 24.3 Å². The van der Waals surface area contributed by atoms with E-state index in [2.05, 4.69) is 13.8 Å². The van der Waals surface area contributed by atoms with Gasteiger partial charge in [0, 0.05) is 0 Å². The summed E-state index contributed by atoms with van der Waals surface area (Å²) in [5.74, 6) is 0.521. The Labute approximate surface area is 79.0 Å². The van der Waals surface area contributed by atoms with Crippen molar-refractivity contribution in [2.45, 2.75) is 25.8 Å². The number of nitrogens with zero attached hydrogens (tertiary/aromatic N) is 1. The van der Waals surface area contributed by atoms with Crippen LogP contribution in [-0.4, -0.2) is 0 Å². The Morgan fingerprint density at radius 3 is 2.00 bits per heavy atom. The molecule has 1 atom stereocenters. The maximum absolute atomic E-state index is 8.59. The lowest BCUT2D eigenvalue weighted by atomic mass is 10.00. The first-order valence-electron chi connectivity index (χ1n) is 4.40. The average Bonchev–Trinajstić information content (AvgIpc) is 2.17. The van der Waals surface area contributed by atoms with Gasteiger partial charge in [-0.05, 0) is 17.0 Å². The molecule has 0 fully saturated rings. The Balaban J connectivity index is 2.89. The van der Waals surface area contributed by atoms with E-state index in [1.807, 2.05) is 30.3 Å².